The van der Waals surface area contributed by atoms with E-state index < -0.39 is 0 Å². The molecular weight excluding hydrogens is 282 g/mol. The van der Waals surface area contributed by atoms with Crippen molar-refractivity contribution in [2.45, 2.75) is 25.8 Å². The molecule has 0 saturated carbocycles. The lowest BCUT2D eigenvalue weighted by Gasteiger charge is -2.18. The molecule has 0 aliphatic heterocycles. The lowest BCUT2D eigenvalue weighted by Crippen LogP contribution is -2.33. The monoisotopic (exact) mass is 303 g/mol. The summed E-state index contributed by atoms with van der Waals surface area (Å²) in [6, 6.07) is 16.8. The summed E-state index contributed by atoms with van der Waals surface area (Å²) in [6.07, 6.45) is 1.97. The Bertz CT molecular complexity index is 553. The summed E-state index contributed by atoms with van der Waals surface area (Å²) < 4.78 is 5.29. The van der Waals surface area contributed by atoms with Gasteiger partial charge >= 0.3 is 0 Å². The van der Waals surface area contributed by atoms with Gasteiger partial charge in [0.1, 0.15) is 5.75 Å². The number of ether oxygens (including phenoxy) is 1. The highest BCUT2D eigenvalue weighted by atomic mass is 35.5. The summed E-state index contributed by atoms with van der Waals surface area (Å²) in [7, 11) is 1.70. The number of likely N-dealkylation sites (N-methyl/N-ethyl adjacent to an activating group) is 1. The van der Waals surface area contributed by atoms with E-state index in [1.54, 1.807) is 7.11 Å². The molecule has 0 amide bonds. The van der Waals surface area contributed by atoms with Crippen molar-refractivity contribution < 1.29 is 4.74 Å². The van der Waals surface area contributed by atoms with E-state index in [1.165, 1.54) is 11.1 Å². The quantitative estimate of drug-likeness (QED) is 0.831. The van der Waals surface area contributed by atoms with Crippen LogP contribution >= 0.6 is 11.6 Å². The maximum Gasteiger partial charge on any atom is 0.119 e. The van der Waals surface area contributed by atoms with Crippen LogP contribution in [0.25, 0.3) is 0 Å². The van der Waals surface area contributed by atoms with Crippen LogP contribution in [0.3, 0.4) is 0 Å². The zero-order valence-electron chi connectivity index (χ0n) is 12.6. The van der Waals surface area contributed by atoms with Crippen LogP contribution in [-0.4, -0.2) is 19.7 Å². The molecule has 1 unspecified atom stereocenters. The van der Waals surface area contributed by atoms with Gasteiger partial charge in [0.2, 0.25) is 0 Å². The molecule has 0 aliphatic carbocycles. The zero-order valence-corrected chi connectivity index (χ0v) is 13.4. The van der Waals surface area contributed by atoms with E-state index in [2.05, 4.69) is 36.5 Å². The van der Waals surface area contributed by atoms with Crippen LogP contribution in [0.5, 0.6) is 5.75 Å². The lowest BCUT2D eigenvalue weighted by molar-refractivity contribution is 0.413. The van der Waals surface area contributed by atoms with Crippen LogP contribution in [0, 0.1) is 0 Å². The minimum atomic E-state index is 0.406. The second-order valence-corrected chi connectivity index (χ2v) is 5.58. The van der Waals surface area contributed by atoms with Gasteiger partial charge in [0.15, 0.2) is 0 Å². The molecule has 0 saturated heterocycles. The zero-order chi connectivity index (χ0) is 15.1. The van der Waals surface area contributed by atoms with E-state index in [1.807, 2.05) is 24.3 Å². The Morgan fingerprint density at radius 1 is 1.05 bits per heavy atom. The number of hydrogen-bond acceptors (Lipinski definition) is 2. The molecule has 2 aromatic carbocycles. The van der Waals surface area contributed by atoms with Crippen LogP contribution in [0.2, 0.25) is 5.02 Å². The molecule has 2 aromatic rings. The minimum absolute atomic E-state index is 0.406. The summed E-state index contributed by atoms with van der Waals surface area (Å²) >= 11 is 5.94. The Morgan fingerprint density at radius 3 is 2.43 bits per heavy atom. The minimum Gasteiger partial charge on any atom is -0.497 e. The number of nitrogens with one attached hydrogen (secondary N) is 1. The Morgan fingerprint density at radius 2 is 1.76 bits per heavy atom. The van der Waals surface area contributed by atoms with Crippen molar-refractivity contribution in [2.75, 3.05) is 13.7 Å². The molecule has 2 nitrogen and oxygen atoms in total. The van der Waals surface area contributed by atoms with Crippen LogP contribution < -0.4 is 10.1 Å². The normalized spacial score (nSPS) is 12.1. The molecule has 1 atom stereocenters. The molecular formula is C18H22ClNO. The third kappa shape index (κ3) is 5.07. The first kappa shape index (κ1) is 15.9. The Labute approximate surface area is 132 Å². The fourth-order valence-electron chi connectivity index (χ4n) is 2.49. The largest absolute Gasteiger partial charge is 0.497 e. The Hall–Kier alpha value is -1.51. The van der Waals surface area contributed by atoms with Crippen molar-refractivity contribution in [3.05, 3.63) is 64.7 Å². The van der Waals surface area contributed by atoms with Gasteiger partial charge in [0.25, 0.3) is 0 Å². The van der Waals surface area contributed by atoms with Crippen LogP contribution in [0.1, 0.15) is 18.1 Å². The van der Waals surface area contributed by atoms with Gasteiger partial charge in [-0.2, -0.15) is 0 Å². The topological polar surface area (TPSA) is 21.3 Å². The number of halogens is 1. The lowest BCUT2D eigenvalue weighted by atomic mass is 9.99. The first-order valence-electron chi connectivity index (χ1n) is 7.32. The molecule has 0 radical (unpaired) electrons. The third-order valence-electron chi connectivity index (χ3n) is 3.50. The summed E-state index contributed by atoms with van der Waals surface area (Å²) in [5.74, 6) is 0.911. The number of methoxy groups -OCH3 is 1. The van der Waals surface area contributed by atoms with Crippen LogP contribution in [0.15, 0.2) is 48.5 Å². The second kappa shape index (κ2) is 8.06. The summed E-state index contributed by atoms with van der Waals surface area (Å²) in [4.78, 5) is 0. The Balaban J connectivity index is 2.05. The highest BCUT2D eigenvalue weighted by Gasteiger charge is 2.10. The molecule has 21 heavy (non-hydrogen) atoms. The van der Waals surface area contributed by atoms with E-state index in [4.69, 9.17) is 16.3 Å². The first-order chi connectivity index (χ1) is 10.2. The molecule has 0 aliphatic rings. The van der Waals surface area contributed by atoms with E-state index in [0.29, 0.717) is 6.04 Å². The van der Waals surface area contributed by atoms with Crippen LogP contribution in [-0.2, 0) is 12.8 Å². The molecule has 0 heterocycles. The van der Waals surface area contributed by atoms with Gasteiger partial charge in [0.05, 0.1) is 7.11 Å². The number of hydrogen-bond donors (Lipinski definition) is 1. The van der Waals surface area contributed by atoms with Crippen molar-refractivity contribution in [1.82, 2.24) is 5.32 Å². The maximum atomic E-state index is 5.94. The first-order valence-corrected chi connectivity index (χ1v) is 7.69. The number of benzene rings is 2. The molecule has 0 bridgehead atoms. The van der Waals surface area contributed by atoms with Crippen molar-refractivity contribution in [1.29, 1.82) is 0 Å². The number of rotatable bonds is 7. The van der Waals surface area contributed by atoms with Crippen molar-refractivity contribution in [3.63, 3.8) is 0 Å². The fourth-order valence-corrected chi connectivity index (χ4v) is 2.62. The van der Waals surface area contributed by atoms with Gasteiger partial charge < -0.3 is 10.1 Å². The van der Waals surface area contributed by atoms with Gasteiger partial charge in [-0.05, 0) is 54.8 Å². The predicted molar refractivity (Wildman–Crippen MR) is 89.3 cm³/mol. The molecule has 1 N–H and O–H groups in total. The molecule has 0 spiro atoms. The van der Waals surface area contributed by atoms with Crippen molar-refractivity contribution in [3.8, 4) is 5.75 Å². The molecule has 0 fully saturated rings. The Kier molecular flexibility index (Phi) is 6.09. The van der Waals surface area contributed by atoms with Crippen molar-refractivity contribution >= 4 is 11.6 Å². The van der Waals surface area contributed by atoms with Gasteiger partial charge in [-0.15, -0.1) is 0 Å². The maximum absolute atomic E-state index is 5.94. The van der Waals surface area contributed by atoms with Crippen molar-refractivity contribution in [2.24, 2.45) is 0 Å². The third-order valence-corrected chi connectivity index (χ3v) is 3.76. The highest BCUT2D eigenvalue weighted by Crippen LogP contribution is 2.16. The van der Waals surface area contributed by atoms with E-state index >= 15 is 0 Å². The fraction of sp³-hybridized carbons (Fsp3) is 0.333. The average Bonchev–Trinajstić information content (AvgIpc) is 2.50. The van der Waals surface area contributed by atoms with E-state index in [-0.39, 0.29) is 0 Å². The van der Waals surface area contributed by atoms with E-state index in [0.717, 1.165) is 30.2 Å². The summed E-state index contributed by atoms with van der Waals surface area (Å²) in [6.45, 7) is 3.10. The SMILES string of the molecule is CCNC(Cc1ccc(Cl)cc1)Cc1cccc(OC)c1. The standard InChI is InChI=1S/C18H22ClNO/c1-3-20-17(11-14-7-9-16(19)10-8-14)12-15-5-4-6-18(13-15)21-2/h4-10,13,17,20H,3,11-12H2,1-2H3. The average molecular weight is 304 g/mol. The second-order valence-electron chi connectivity index (χ2n) is 5.14. The highest BCUT2D eigenvalue weighted by molar-refractivity contribution is 6.30. The molecule has 0 aromatic heterocycles. The smallest absolute Gasteiger partial charge is 0.119 e. The van der Waals surface area contributed by atoms with Crippen LogP contribution in [0.4, 0.5) is 0 Å². The van der Waals surface area contributed by atoms with Gasteiger partial charge in [-0.1, -0.05) is 42.8 Å². The van der Waals surface area contributed by atoms with Gasteiger partial charge in [0, 0.05) is 11.1 Å². The molecule has 112 valence electrons. The van der Waals surface area contributed by atoms with Gasteiger partial charge in [-0.3, -0.25) is 0 Å². The van der Waals surface area contributed by atoms with E-state index in [9.17, 15) is 0 Å². The summed E-state index contributed by atoms with van der Waals surface area (Å²) in [5.41, 5.74) is 2.59. The molecule has 3 heteroatoms. The summed E-state index contributed by atoms with van der Waals surface area (Å²) in [5, 5.41) is 4.34. The molecule has 2 rings (SSSR count). The van der Waals surface area contributed by atoms with Gasteiger partial charge in [-0.25, -0.2) is 0 Å². The predicted octanol–water partition coefficient (Wildman–Crippen LogP) is 4.11.